The Hall–Kier alpha value is -3.12. The van der Waals surface area contributed by atoms with E-state index in [-0.39, 0.29) is 13.0 Å². The largest absolute Gasteiger partial charge is 0.480 e. The SMILES string of the molecule is CSCCC(N)C(=O)NC(CC(N)=O)C(=O)N1CCCC1C(=O)NC(Cc1ccccc1)C(=O)O. The zero-order chi connectivity index (χ0) is 26.0. The quantitative estimate of drug-likeness (QED) is 0.230. The Kier molecular flexibility index (Phi) is 11.0. The molecule has 192 valence electrons. The summed E-state index contributed by atoms with van der Waals surface area (Å²) in [6, 6.07) is 4.61. The molecule has 0 aliphatic carbocycles. The first kappa shape index (κ1) is 28.1. The maximum Gasteiger partial charge on any atom is 0.326 e. The predicted octanol–water partition coefficient (Wildman–Crippen LogP) is -0.770. The first-order valence-electron chi connectivity index (χ1n) is 11.3. The molecule has 1 fully saturated rings. The van der Waals surface area contributed by atoms with Crippen molar-refractivity contribution in [1.82, 2.24) is 15.5 Å². The lowest BCUT2D eigenvalue weighted by atomic mass is 10.0. The molecule has 12 heteroatoms. The number of nitrogens with zero attached hydrogens (tertiary/aromatic N) is 1. The number of thioether (sulfide) groups is 1. The van der Waals surface area contributed by atoms with Gasteiger partial charge in [-0.25, -0.2) is 4.79 Å². The number of nitrogens with one attached hydrogen (secondary N) is 2. The molecule has 1 heterocycles. The van der Waals surface area contributed by atoms with E-state index in [4.69, 9.17) is 11.5 Å². The van der Waals surface area contributed by atoms with Gasteiger partial charge in [0.05, 0.1) is 12.5 Å². The predicted molar refractivity (Wildman–Crippen MR) is 131 cm³/mol. The van der Waals surface area contributed by atoms with Gasteiger partial charge in [0.1, 0.15) is 18.1 Å². The second kappa shape index (κ2) is 13.7. The lowest BCUT2D eigenvalue weighted by molar-refractivity contribution is -0.145. The summed E-state index contributed by atoms with van der Waals surface area (Å²) in [6.45, 7) is 0.219. The van der Waals surface area contributed by atoms with Crippen LogP contribution in [0, 0.1) is 0 Å². The van der Waals surface area contributed by atoms with Crippen molar-refractivity contribution in [2.75, 3.05) is 18.6 Å². The highest BCUT2D eigenvalue weighted by Gasteiger charge is 2.39. The molecule has 2 rings (SSSR count). The fourth-order valence-electron chi connectivity index (χ4n) is 3.88. The van der Waals surface area contributed by atoms with E-state index in [0.29, 0.717) is 25.0 Å². The van der Waals surface area contributed by atoms with E-state index in [1.165, 1.54) is 16.7 Å². The van der Waals surface area contributed by atoms with Crippen molar-refractivity contribution in [3.8, 4) is 0 Å². The number of likely N-dealkylation sites (tertiary alicyclic amines) is 1. The third-order valence-corrected chi connectivity index (χ3v) is 6.37. The molecule has 1 saturated heterocycles. The van der Waals surface area contributed by atoms with Gasteiger partial charge in [-0.15, -0.1) is 0 Å². The molecule has 1 aromatic rings. The standard InChI is InChI=1S/C23H33N5O6S/c1-35-11-9-15(24)20(30)26-16(13-19(25)29)22(32)28-10-5-8-18(28)21(31)27-17(23(33)34)12-14-6-3-2-4-7-14/h2-4,6-7,15-18H,5,8-13,24H2,1H3,(H2,25,29)(H,26,30)(H,27,31)(H,33,34). The fraction of sp³-hybridized carbons (Fsp3) is 0.522. The normalized spacial score (nSPS) is 17.8. The van der Waals surface area contributed by atoms with E-state index >= 15 is 0 Å². The van der Waals surface area contributed by atoms with Gasteiger partial charge in [-0.1, -0.05) is 30.3 Å². The summed E-state index contributed by atoms with van der Waals surface area (Å²) < 4.78 is 0. The van der Waals surface area contributed by atoms with Gasteiger partial charge in [-0.3, -0.25) is 19.2 Å². The Morgan fingerprint density at radius 2 is 1.83 bits per heavy atom. The first-order chi connectivity index (χ1) is 16.6. The van der Waals surface area contributed by atoms with Crippen LogP contribution in [0.1, 0.15) is 31.2 Å². The van der Waals surface area contributed by atoms with Crippen LogP contribution >= 0.6 is 11.8 Å². The van der Waals surface area contributed by atoms with Crippen molar-refractivity contribution >= 4 is 41.4 Å². The van der Waals surface area contributed by atoms with E-state index in [9.17, 15) is 29.1 Å². The minimum atomic E-state index is -1.27. The highest BCUT2D eigenvalue weighted by molar-refractivity contribution is 7.98. The van der Waals surface area contributed by atoms with Crippen LogP contribution in [0.25, 0.3) is 0 Å². The van der Waals surface area contributed by atoms with Gasteiger partial charge in [0.2, 0.25) is 23.6 Å². The fourth-order valence-corrected chi connectivity index (χ4v) is 4.37. The number of carbonyl (C=O) groups is 5. The van der Waals surface area contributed by atoms with Gasteiger partial charge in [0.15, 0.2) is 0 Å². The Morgan fingerprint density at radius 1 is 1.14 bits per heavy atom. The molecule has 0 aromatic heterocycles. The van der Waals surface area contributed by atoms with Crippen molar-refractivity contribution in [3.63, 3.8) is 0 Å². The molecule has 1 aliphatic heterocycles. The van der Waals surface area contributed by atoms with Crippen molar-refractivity contribution in [2.45, 2.75) is 56.3 Å². The summed E-state index contributed by atoms with van der Waals surface area (Å²) >= 11 is 1.52. The molecule has 0 radical (unpaired) electrons. The van der Waals surface area contributed by atoms with E-state index < -0.39 is 60.2 Å². The van der Waals surface area contributed by atoms with Gasteiger partial charge in [0.25, 0.3) is 0 Å². The molecule has 1 aromatic carbocycles. The van der Waals surface area contributed by atoms with Gasteiger partial charge in [-0.2, -0.15) is 11.8 Å². The number of hydrogen-bond acceptors (Lipinski definition) is 7. The van der Waals surface area contributed by atoms with E-state index in [1.54, 1.807) is 30.3 Å². The highest BCUT2D eigenvalue weighted by atomic mass is 32.2. The molecule has 35 heavy (non-hydrogen) atoms. The maximum absolute atomic E-state index is 13.2. The second-order valence-corrected chi connectivity index (χ2v) is 9.38. The van der Waals surface area contributed by atoms with E-state index in [1.807, 2.05) is 6.26 Å². The summed E-state index contributed by atoms with van der Waals surface area (Å²) in [6.07, 6.45) is 2.71. The Morgan fingerprint density at radius 3 is 2.43 bits per heavy atom. The average molecular weight is 508 g/mol. The van der Waals surface area contributed by atoms with Crippen molar-refractivity contribution in [2.24, 2.45) is 11.5 Å². The number of carboxylic acids is 1. The van der Waals surface area contributed by atoms with Crippen LogP contribution in [0.5, 0.6) is 0 Å². The molecule has 4 unspecified atom stereocenters. The molecule has 11 nitrogen and oxygen atoms in total. The zero-order valence-electron chi connectivity index (χ0n) is 19.6. The Bertz CT molecular complexity index is 915. The summed E-state index contributed by atoms with van der Waals surface area (Å²) in [4.78, 5) is 63.3. The summed E-state index contributed by atoms with van der Waals surface area (Å²) in [5, 5.41) is 14.6. The van der Waals surface area contributed by atoms with Gasteiger partial charge >= 0.3 is 5.97 Å². The number of nitrogens with two attached hydrogens (primary N) is 2. The van der Waals surface area contributed by atoms with Crippen LogP contribution < -0.4 is 22.1 Å². The third kappa shape index (κ3) is 8.55. The molecule has 7 N–H and O–H groups in total. The molecular weight excluding hydrogens is 474 g/mol. The second-order valence-electron chi connectivity index (χ2n) is 8.40. The molecule has 0 spiro atoms. The molecule has 0 bridgehead atoms. The van der Waals surface area contributed by atoms with Crippen LogP contribution in [0.2, 0.25) is 0 Å². The number of benzene rings is 1. The number of carbonyl (C=O) groups excluding carboxylic acids is 4. The number of hydrogen-bond donors (Lipinski definition) is 5. The van der Waals surface area contributed by atoms with Crippen molar-refractivity contribution in [1.29, 1.82) is 0 Å². The lowest BCUT2D eigenvalue weighted by Gasteiger charge is -2.29. The molecule has 4 amide bonds. The van der Waals surface area contributed by atoms with Gasteiger partial charge in [-0.05, 0) is 36.8 Å². The van der Waals surface area contributed by atoms with Crippen molar-refractivity contribution in [3.05, 3.63) is 35.9 Å². The monoisotopic (exact) mass is 507 g/mol. The molecular formula is C23H33N5O6S. The Balaban J connectivity index is 2.11. The average Bonchev–Trinajstić information content (AvgIpc) is 3.31. The van der Waals surface area contributed by atoms with Crippen LogP contribution in [-0.4, -0.2) is 82.3 Å². The smallest absolute Gasteiger partial charge is 0.326 e. The van der Waals surface area contributed by atoms with Crippen LogP contribution in [0.4, 0.5) is 0 Å². The lowest BCUT2D eigenvalue weighted by Crippen LogP contribution is -2.57. The topological polar surface area (TPSA) is 185 Å². The van der Waals surface area contributed by atoms with Crippen LogP contribution in [-0.2, 0) is 30.4 Å². The number of primary amides is 1. The van der Waals surface area contributed by atoms with E-state index in [2.05, 4.69) is 10.6 Å². The minimum Gasteiger partial charge on any atom is -0.480 e. The molecule has 0 saturated carbocycles. The minimum absolute atomic E-state index is 0.0802. The molecule has 1 aliphatic rings. The number of aliphatic carboxylic acids is 1. The van der Waals surface area contributed by atoms with E-state index in [0.717, 1.165) is 5.56 Å². The summed E-state index contributed by atoms with van der Waals surface area (Å²) in [7, 11) is 0. The maximum atomic E-state index is 13.2. The first-order valence-corrected chi connectivity index (χ1v) is 12.7. The zero-order valence-corrected chi connectivity index (χ0v) is 20.5. The van der Waals surface area contributed by atoms with Crippen LogP contribution in [0.15, 0.2) is 30.3 Å². The number of rotatable bonds is 13. The highest BCUT2D eigenvalue weighted by Crippen LogP contribution is 2.20. The van der Waals surface area contributed by atoms with Gasteiger partial charge in [0, 0.05) is 13.0 Å². The van der Waals surface area contributed by atoms with Crippen LogP contribution in [0.3, 0.4) is 0 Å². The summed E-state index contributed by atoms with van der Waals surface area (Å²) in [5.74, 6) is -3.19. The number of carboxylic acid groups (broad SMARTS) is 1. The summed E-state index contributed by atoms with van der Waals surface area (Å²) in [5.41, 5.74) is 11.9. The number of amides is 4. The third-order valence-electron chi connectivity index (χ3n) is 5.73. The van der Waals surface area contributed by atoms with Crippen molar-refractivity contribution < 1.29 is 29.1 Å². The van der Waals surface area contributed by atoms with Gasteiger partial charge < -0.3 is 32.1 Å². The molecule has 4 atom stereocenters. The Labute approximate surface area is 208 Å².